The number of nitrogens with zero attached hydrogens (tertiary/aromatic N) is 1. The van der Waals surface area contributed by atoms with Crippen LogP contribution in [0.25, 0.3) is 0 Å². The molecule has 1 saturated carbocycles. The van der Waals surface area contributed by atoms with Gasteiger partial charge in [0, 0.05) is 5.75 Å². The second kappa shape index (κ2) is 4.52. The van der Waals surface area contributed by atoms with Crippen molar-refractivity contribution in [2.75, 3.05) is 5.75 Å². The van der Waals surface area contributed by atoms with E-state index in [2.05, 4.69) is 5.32 Å². The summed E-state index contributed by atoms with van der Waals surface area (Å²) in [6.07, 6.45) is 5.60. The molecule has 5 heteroatoms. The van der Waals surface area contributed by atoms with Crippen molar-refractivity contribution >= 4 is 22.8 Å². The molecule has 0 aromatic rings. The van der Waals surface area contributed by atoms with Gasteiger partial charge in [-0.25, -0.2) is 0 Å². The molecule has 2 aliphatic rings. The van der Waals surface area contributed by atoms with E-state index < -0.39 is 5.54 Å². The Hall–Kier alpha value is -0.710. The van der Waals surface area contributed by atoms with Gasteiger partial charge in [-0.15, -0.1) is 0 Å². The molecule has 0 radical (unpaired) electrons. The van der Waals surface area contributed by atoms with Crippen LogP contribution in [0.3, 0.4) is 0 Å². The average molecular weight is 255 g/mol. The van der Waals surface area contributed by atoms with Gasteiger partial charge in [-0.05, 0) is 26.2 Å². The van der Waals surface area contributed by atoms with E-state index >= 15 is 0 Å². The first kappa shape index (κ1) is 12.7. The van der Waals surface area contributed by atoms with Gasteiger partial charge in [0.1, 0.15) is 5.54 Å². The predicted molar refractivity (Wildman–Crippen MR) is 72.1 cm³/mol. The maximum atomic E-state index is 11.4. The standard InChI is InChI=1S/C12H21N3OS/c1-3-11(2,9(13)16)14-10-15-12(8-17-10)6-4-5-7-12/h3-8H2,1-2H3,(H2,13,16)(H,14,15). The molecule has 1 aliphatic heterocycles. The molecule has 96 valence electrons. The van der Waals surface area contributed by atoms with Crippen molar-refractivity contribution in [2.45, 2.75) is 57.0 Å². The minimum Gasteiger partial charge on any atom is -0.368 e. The molecule has 3 N–H and O–H groups in total. The Morgan fingerprint density at radius 2 is 2.24 bits per heavy atom. The van der Waals surface area contributed by atoms with Crippen LogP contribution in [0.4, 0.5) is 0 Å². The third-order valence-corrected chi connectivity index (χ3v) is 5.13. The third-order valence-electron chi connectivity index (χ3n) is 3.98. The zero-order chi connectivity index (χ0) is 12.5. The maximum absolute atomic E-state index is 11.4. The van der Waals surface area contributed by atoms with Gasteiger partial charge in [-0.3, -0.25) is 9.79 Å². The normalized spacial score (nSPS) is 25.6. The van der Waals surface area contributed by atoms with Crippen molar-refractivity contribution in [3.63, 3.8) is 0 Å². The minimum atomic E-state index is -0.671. The van der Waals surface area contributed by atoms with Crippen LogP contribution >= 0.6 is 11.8 Å². The van der Waals surface area contributed by atoms with Gasteiger partial charge in [0.2, 0.25) is 5.91 Å². The number of carbonyl (C=O) groups excluding carboxylic acids is 1. The number of thioether (sulfide) groups is 1. The number of amidine groups is 1. The van der Waals surface area contributed by atoms with Crippen molar-refractivity contribution in [3.8, 4) is 0 Å². The monoisotopic (exact) mass is 255 g/mol. The van der Waals surface area contributed by atoms with Crippen molar-refractivity contribution in [1.29, 1.82) is 0 Å². The molecule has 1 spiro atoms. The molecule has 0 aromatic heterocycles. The highest BCUT2D eigenvalue weighted by Crippen LogP contribution is 2.41. The van der Waals surface area contributed by atoms with Gasteiger partial charge >= 0.3 is 0 Å². The lowest BCUT2D eigenvalue weighted by atomic mass is 9.98. The minimum absolute atomic E-state index is 0.152. The molecular formula is C12H21N3OS. The average Bonchev–Trinajstić information content (AvgIpc) is 2.90. The van der Waals surface area contributed by atoms with Gasteiger partial charge < -0.3 is 11.1 Å². The van der Waals surface area contributed by atoms with E-state index in [9.17, 15) is 4.79 Å². The molecule has 2 rings (SSSR count). The van der Waals surface area contributed by atoms with E-state index in [1.165, 1.54) is 25.7 Å². The first-order chi connectivity index (χ1) is 8.00. The molecule has 1 amide bonds. The van der Waals surface area contributed by atoms with Gasteiger partial charge in [0.05, 0.1) is 5.54 Å². The number of primary amides is 1. The van der Waals surface area contributed by atoms with Crippen LogP contribution in [0.1, 0.15) is 46.0 Å². The molecule has 0 aromatic carbocycles. The molecule has 0 saturated heterocycles. The highest BCUT2D eigenvalue weighted by atomic mass is 32.2. The van der Waals surface area contributed by atoms with Gasteiger partial charge in [0.25, 0.3) is 0 Å². The highest BCUT2D eigenvalue weighted by molar-refractivity contribution is 8.14. The van der Waals surface area contributed by atoms with E-state index in [0.29, 0.717) is 6.42 Å². The van der Waals surface area contributed by atoms with Gasteiger partial charge in [0.15, 0.2) is 5.17 Å². The Morgan fingerprint density at radius 3 is 2.76 bits per heavy atom. The summed E-state index contributed by atoms with van der Waals surface area (Å²) in [6, 6.07) is 0. The highest BCUT2D eigenvalue weighted by Gasteiger charge is 2.40. The Labute approximate surface area is 107 Å². The van der Waals surface area contributed by atoms with E-state index in [4.69, 9.17) is 10.7 Å². The van der Waals surface area contributed by atoms with Crippen molar-refractivity contribution in [3.05, 3.63) is 0 Å². The second-order valence-electron chi connectivity index (χ2n) is 5.31. The fourth-order valence-corrected chi connectivity index (χ4v) is 3.71. The number of carbonyl (C=O) groups is 1. The number of hydrogen-bond donors (Lipinski definition) is 2. The zero-order valence-corrected chi connectivity index (χ0v) is 11.4. The molecule has 0 bridgehead atoms. The van der Waals surface area contributed by atoms with E-state index in [-0.39, 0.29) is 11.4 Å². The zero-order valence-electron chi connectivity index (χ0n) is 10.6. The summed E-state index contributed by atoms with van der Waals surface area (Å²) in [5.41, 5.74) is 4.92. The smallest absolute Gasteiger partial charge is 0.242 e. The summed E-state index contributed by atoms with van der Waals surface area (Å²) in [7, 11) is 0. The second-order valence-corrected chi connectivity index (χ2v) is 6.28. The Balaban J connectivity index is 2.07. The Morgan fingerprint density at radius 1 is 1.59 bits per heavy atom. The fraction of sp³-hybridized carbons (Fsp3) is 0.833. The van der Waals surface area contributed by atoms with Crippen LogP contribution in [0, 0.1) is 0 Å². The summed E-state index contributed by atoms with van der Waals surface area (Å²) in [5, 5.41) is 4.13. The van der Waals surface area contributed by atoms with Crippen LogP contribution in [-0.4, -0.2) is 27.9 Å². The molecule has 1 fully saturated rings. The van der Waals surface area contributed by atoms with Crippen molar-refractivity contribution in [1.82, 2.24) is 5.32 Å². The molecule has 1 aliphatic carbocycles. The predicted octanol–water partition coefficient (Wildman–Crippen LogP) is 1.65. The quantitative estimate of drug-likeness (QED) is 0.805. The molecule has 4 nitrogen and oxygen atoms in total. The van der Waals surface area contributed by atoms with Crippen LogP contribution in [0.5, 0.6) is 0 Å². The van der Waals surface area contributed by atoms with Gasteiger partial charge in [-0.2, -0.15) is 0 Å². The summed E-state index contributed by atoms with van der Waals surface area (Å²) >= 11 is 1.73. The van der Waals surface area contributed by atoms with Crippen LogP contribution in [0.2, 0.25) is 0 Å². The maximum Gasteiger partial charge on any atom is 0.242 e. The molecule has 1 unspecified atom stereocenters. The van der Waals surface area contributed by atoms with Crippen LogP contribution in [-0.2, 0) is 4.79 Å². The van der Waals surface area contributed by atoms with Crippen molar-refractivity contribution < 1.29 is 4.79 Å². The van der Waals surface area contributed by atoms with Gasteiger partial charge in [-0.1, -0.05) is 31.5 Å². The lowest BCUT2D eigenvalue weighted by Gasteiger charge is -2.26. The summed E-state index contributed by atoms with van der Waals surface area (Å²) in [5.74, 6) is 0.740. The molecule has 1 heterocycles. The molecular weight excluding hydrogens is 234 g/mol. The molecule has 17 heavy (non-hydrogen) atoms. The van der Waals surface area contributed by atoms with E-state index in [0.717, 1.165) is 10.9 Å². The summed E-state index contributed by atoms with van der Waals surface area (Å²) in [4.78, 5) is 16.2. The Kier molecular flexibility index (Phi) is 3.39. The number of nitrogens with two attached hydrogens (primary N) is 1. The topological polar surface area (TPSA) is 67.5 Å². The van der Waals surface area contributed by atoms with Crippen LogP contribution in [0.15, 0.2) is 4.99 Å². The van der Waals surface area contributed by atoms with Crippen LogP contribution < -0.4 is 11.1 Å². The van der Waals surface area contributed by atoms with E-state index in [1.807, 2.05) is 13.8 Å². The number of amides is 1. The lowest BCUT2D eigenvalue weighted by molar-refractivity contribution is -0.123. The Bertz CT molecular complexity index is 350. The first-order valence-corrected chi connectivity index (χ1v) is 7.29. The number of rotatable bonds is 3. The van der Waals surface area contributed by atoms with Crippen molar-refractivity contribution in [2.24, 2.45) is 10.7 Å². The summed E-state index contributed by atoms with van der Waals surface area (Å²) < 4.78 is 0. The molecule has 1 atom stereocenters. The SMILES string of the molecule is CCC(C)(NC1=NC2(CCCC2)CS1)C(N)=O. The summed E-state index contributed by atoms with van der Waals surface area (Å²) in [6.45, 7) is 3.81. The fourth-order valence-electron chi connectivity index (χ4n) is 2.40. The van der Waals surface area contributed by atoms with E-state index in [1.54, 1.807) is 11.8 Å². The number of nitrogens with one attached hydrogen (secondary N) is 1. The third kappa shape index (κ3) is 2.44. The first-order valence-electron chi connectivity index (χ1n) is 6.30. The number of aliphatic imine (C=N–C) groups is 1. The largest absolute Gasteiger partial charge is 0.368 e. The lowest BCUT2D eigenvalue weighted by Crippen LogP contribution is -2.54. The number of hydrogen-bond acceptors (Lipinski definition) is 4.